The Morgan fingerprint density at radius 3 is 2.90 bits per heavy atom. The van der Waals surface area contributed by atoms with Crippen molar-refractivity contribution in [1.29, 1.82) is 0 Å². The smallest absolute Gasteiger partial charge is 0.244 e. The van der Waals surface area contributed by atoms with Gasteiger partial charge in [0.05, 0.1) is 17.4 Å². The van der Waals surface area contributed by atoms with Crippen molar-refractivity contribution in [3.05, 3.63) is 59.9 Å². The molecular formula is C15H12ClN3O. The van der Waals surface area contributed by atoms with E-state index in [1.54, 1.807) is 30.6 Å². The molecule has 3 aromatic rings. The van der Waals surface area contributed by atoms with Gasteiger partial charge in [-0.25, -0.2) is 4.98 Å². The van der Waals surface area contributed by atoms with E-state index in [4.69, 9.17) is 11.6 Å². The first kappa shape index (κ1) is 12.7. The van der Waals surface area contributed by atoms with Gasteiger partial charge in [-0.2, -0.15) is 0 Å². The molecule has 4 nitrogen and oxygen atoms in total. The number of hydrogen-bond donors (Lipinski definition) is 1. The highest BCUT2D eigenvalue weighted by Crippen LogP contribution is 2.15. The number of para-hydroxylation sites is 2. The highest BCUT2D eigenvalue weighted by Gasteiger charge is 2.07. The van der Waals surface area contributed by atoms with Gasteiger partial charge in [-0.1, -0.05) is 29.8 Å². The lowest BCUT2D eigenvalue weighted by atomic mass is 10.3. The standard InChI is InChI=1S/C15H12ClN3O/c16-11-4-3-5-12(8-11)18-15(20)9-19-10-17-13-6-1-2-7-14(13)19/h1-8,10H,9H2,(H,18,20). The average Bonchev–Trinajstić information content (AvgIpc) is 2.82. The maximum absolute atomic E-state index is 12.0. The van der Waals surface area contributed by atoms with Crippen LogP contribution in [0.25, 0.3) is 11.0 Å². The molecule has 3 rings (SSSR count). The fourth-order valence-corrected chi connectivity index (χ4v) is 2.25. The van der Waals surface area contributed by atoms with E-state index in [0.29, 0.717) is 10.7 Å². The van der Waals surface area contributed by atoms with Crippen molar-refractivity contribution in [2.24, 2.45) is 0 Å². The second kappa shape index (κ2) is 5.35. The summed E-state index contributed by atoms with van der Waals surface area (Å²) in [5.74, 6) is -0.115. The summed E-state index contributed by atoms with van der Waals surface area (Å²) in [6.45, 7) is 0.215. The van der Waals surface area contributed by atoms with E-state index in [-0.39, 0.29) is 12.5 Å². The topological polar surface area (TPSA) is 46.9 Å². The third-order valence-corrected chi connectivity index (χ3v) is 3.18. The molecule has 0 bridgehead atoms. The van der Waals surface area contributed by atoms with Crippen LogP contribution in [-0.2, 0) is 11.3 Å². The first-order valence-electron chi connectivity index (χ1n) is 6.18. The molecule has 0 fully saturated rings. The molecule has 1 heterocycles. The molecule has 1 N–H and O–H groups in total. The SMILES string of the molecule is O=C(Cn1cnc2ccccc21)Nc1cccc(Cl)c1. The molecule has 1 amide bonds. The Labute approximate surface area is 121 Å². The number of carbonyl (C=O) groups excluding carboxylic acids is 1. The van der Waals surface area contributed by atoms with Crippen LogP contribution < -0.4 is 5.32 Å². The molecule has 1 aromatic heterocycles. The molecule has 0 aliphatic rings. The average molecular weight is 286 g/mol. The van der Waals surface area contributed by atoms with Crippen molar-refractivity contribution < 1.29 is 4.79 Å². The molecule has 100 valence electrons. The Morgan fingerprint density at radius 2 is 2.05 bits per heavy atom. The van der Waals surface area contributed by atoms with Gasteiger partial charge < -0.3 is 9.88 Å². The summed E-state index contributed by atoms with van der Waals surface area (Å²) in [5.41, 5.74) is 2.50. The number of aromatic nitrogens is 2. The molecule has 0 saturated heterocycles. The minimum atomic E-state index is -0.115. The first-order valence-corrected chi connectivity index (χ1v) is 6.55. The number of nitrogens with one attached hydrogen (secondary N) is 1. The monoisotopic (exact) mass is 285 g/mol. The van der Waals surface area contributed by atoms with Crippen LogP contribution in [0.5, 0.6) is 0 Å². The number of nitrogens with zero attached hydrogens (tertiary/aromatic N) is 2. The number of halogens is 1. The molecule has 0 atom stereocenters. The quantitative estimate of drug-likeness (QED) is 0.802. The molecule has 0 spiro atoms. The summed E-state index contributed by atoms with van der Waals surface area (Å²) in [5, 5.41) is 3.41. The second-order valence-electron chi connectivity index (χ2n) is 4.42. The largest absolute Gasteiger partial charge is 0.324 e. The molecule has 20 heavy (non-hydrogen) atoms. The molecule has 5 heteroatoms. The van der Waals surface area contributed by atoms with Gasteiger partial charge in [-0.05, 0) is 30.3 Å². The van der Waals surface area contributed by atoms with E-state index in [9.17, 15) is 4.79 Å². The summed E-state index contributed by atoms with van der Waals surface area (Å²) in [4.78, 5) is 16.3. The number of hydrogen-bond acceptors (Lipinski definition) is 2. The molecule has 0 unspecified atom stereocenters. The Morgan fingerprint density at radius 1 is 1.20 bits per heavy atom. The van der Waals surface area contributed by atoms with Crippen molar-refractivity contribution in [2.75, 3.05) is 5.32 Å². The predicted octanol–water partition coefficient (Wildman–Crippen LogP) is 3.33. The lowest BCUT2D eigenvalue weighted by molar-refractivity contribution is -0.116. The van der Waals surface area contributed by atoms with Crippen molar-refractivity contribution in [3.63, 3.8) is 0 Å². The Hall–Kier alpha value is -2.33. The van der Waals surface area contributed by atoms with Crippen molar-refractivity contribution in [1.82, 2.24) is 9.55 Å². The van der Waals surface area contributed by atoms with Crippen LogP contribution in [0.15, 0.2) is 54.9 Å². The van der Waals surface area contributed by atoms with Gasteiger partial charge in [0.1, 0.15) is 6.54 Å². The fourth-order valence-electron chi connectivity index (χ4n) is 2.06. The maximum Gasteiger partial charge on any atom is 0.244 e. The van der Waals surface area contributed by atoms with Crippen LogP contribution in [0.1, 0.15) is 0 Å². The minimum Gasteiger partial charge on any atom is -0.324 e. The number of amides is 1. The van der Waals surface area contributed by atoms with Gasteiger partial charge in [0.2, 0.25) is 5.91 Å². The summed E-state index contributed by atoms with van der Waals surface area (Å²) >= 11 is 5.88. The van der Waals surface area contributed by atoms with Gasteiger partial charge in [0, 0.05) is 10.7 Å². The van der Waals surface area contributed by atoms with Crippen LogP contribution in [-0.4, -0.2) is 15.5 Å². The van der Waals surface area contributed by atoms with Gasteiger partial charge in [0.25, 0.3) is 0 Å². The molecule has 0 aliphatic carbocycles. The second-order valence-corrected chi connectivity index (χ2v) is 4.86. The van der Waals surface area contributed by atoms with Crippen molar-refractivity contribution in [2.45, 2.75) is 6.54 Å². The van der Waals surface area contributed by atoms with E-state index >= 15 is 0 Å². The maximum atomic E-state index is 12.0. The summed E-state index contributed by atoms with van der Waals surface area (Å²) in [6, 6.07) is 14.8. The number of fused-ring (bicyclic) bond motifs is 1. The molecule has 0 radical (unpaired) electrons. The minimum absolute atomic E-state index is 0.115. The highest BCUT2D eigenvalue weighted by molar-refractivity contribution is 6.30. The normalized spacial score (nSPS) is 10.7. The summed E-state index contributed by atoms with van der Waals surface area (Å²) in [6.07, 6.45) is 1.67. The van der Waals surface area contributed by atoms with Crippen LogP contribution in [0.3, 0.4) is 0 Å². The molecular weight excluding hydrogens is 274 g/mol. The Kier molecular flexibility index (Phi) is 3.39. The zero-order valence-electron chi connectivity index (χ0n) is 10.6. The van der Waals surface area contributed by atoms with Gasteiger partial charge >= 0.3 is 0 Å². The van der Waals surface area contributed by atoms with Crippen LogP contribution >= 0.6 is 11.6 Å². The third kappa shape index (κ3) is 2.65. The van der Waals surface area contributed by atoms with E-state index in [1.165, 1.54) is 0 Å². The van der Waals surface area contributed by atoms with E-state index < -0.39 is 0 Å². The number of carbonyl (C=O) groups is 1. The number of benzene rings is 2. The van der Waals surface area contributed by atoms with Crippen LogP contribution in [0, 0.1) is 0 Å². The lowest BCUT2D eigenvalue weighted by Gasteiger charge is -2.07. The number of rotatable bonds is 3. The lowest BCUT2D eigenvalue weighted by Crippen LogP contribution is -2.18. The van der Waals surface area contributed by atoms with Crippen molar-refractivity contribution >= 4 is 34.2 Å². The Balaban J connectivity index is 1.76. The Bertz CT molecular complexity index is 766. The molecule has 2 aromatic carbocycles. The van der Waals surface area contributed by atoms with Crippen LogP contribution in [0.4, 0.5) is 5.69 Å². The van der Waals surface area contributed by atoms with E-state index in [1.807, 2.05) is 28.8 Å². The molecule has 0 saturated carbocycles. The fraction of sp³-hybridized carbons (Fsp3) is 0.0667. The van der Waals surface area contributed by atoms with E-state index in [2.05, 4.69) is 10.3 Å². The van der Waals surface area contributed by atoms with Crippen LogP contribution in [0.2, 0.25) is 5.02 Å². The third-order valence-electron chi connectivity index (χ3n) is 2.95. The summed E-state index contributed by atoms with van der Waals surface area (Å²) in [7, 11) is 0. The first-order chi connectivity index (χ1) is 9.72. The van der Waals surface area contributed by atoms with Gasteiger partial charge in [-0.3, -0.25) is 4.79 Å². The zero-order chi connectivity index (χ0) is 13.9. The van der Waals surface area contributed by atoms with Gasteiger partial charge in [-0.15, -0.1) is 0 Å². The predicted molar refractivity (Wildman–Crippen MR) is 79.8 cm³/mol. The number of imidazole rings is 1. The number of anilines is 1. The van der Waals surface area contributed by atoms with Crippen molar-refractivity contribution in [3.8, 4) is 0 Å². The van der Waals surface area contributed by atoms with E-state index in [0.717, 1.165) is 11.0 Å². The van der Waals surface area contributed by atoms with Gasteiger partial charge in [0.15, 0.2) is 0 Å². The summed E-state index contributed by atoms with van der Waals surface area (Å²) < 4.78 is 1.81. The highest BCUT2D eigenvalue weighted by atomic mass is 35.5. The molecule has 0 aliphatic heterocycles. The zero-order valence-corrected chi connectivity index (χ0v) is 11.3.